The van der Waals surface area contributed by atoms with Crippen molar-refractivity contribution in [2.24, 2.45) is 4.99 Å². The number of aliphatic imine (C=N–C) groups is 1. The fraction of sp³-hybridized carbons (Fsp3) is 0.579. The van der Waals surface area contributed by atoms with Crippen LogP contribution >= 0.6 is 12.4 Å². The Hall–Kier alpha value is -1.35. The Balaban J connectivity index is 0.00000192. The van der Waals surface area contributed by atoms with Crippen molar-refractivity contribution in [1.82, 2.24) is 4.90 Å². The van der Waals surface area contributed by atoms with Crippen LogP contribution < -0.4 is 0 Å². The quantitative estimate of drug-likeness (QED) is 0.821. The van der Waals surface area contributed by atoms with E-state index >= 15 is 0 Å². The van der Waals surface area contributed by atoms with Crippen molar-refractivity contribution < 1.29 is 4.79 Å². The van der Waals surface area contributed by atoms with Crippen molar-refractivity contribution in [3.8, 4) is 0 Å². The molecule has 2 aliphatic heterocycles. The average Bonchev–Trinajstić information content (AvgIpc) is 2.55. The molecule has 0 spiro atoms. The largest absolute Gasteiger partial charge is 0.342 e. The highest BCUT2D eigenvalue weighted by atomic mass is 35.5. The van der Waals surface area contributed by atoms with Gasteiger partial charge in [0.2, 0.25) is 5.91 Å². The molecule has 3 rings (SSSR count). The van der Waals surface area contributed by atoms with Gasteiger partial charge in [0.1, 0.15) is 0 Å². The normalized spacial score (nSPS) is 23.6. The molecule has 23 heavy (non-hydrogen) atoms. The van der Waals surface area contributed by atoms with Crippen molar-refractivity contribution in [3.63, 3.8) is 0 Å². The highest BCUT2D eigenvalue weighted by Crippen LogP contribution is 2.30. The Morgan fingerprint density at radius 2 is 1.91 bits per heavy atom. The second kappa shape index (κ2) is 7.48. The van der Waals surface area contributed by atoms with Crippen LogP contribution in [-0.2, 0) is 11.2 Å². The second-order valence-corrected chi connectivity index (χ2v) is 6.86. The summed E-state index contributed by atoms with van der Waals surface area (Å²) in [4.78, 5) is 19.6. The number of likely N-dealkylation sites (tertiary alicyclic amines) is 1. The number of piperidine rings is 1. The van der Waals surface area contributed by atoms with Crippen LogP contribution in [0, 0.1) is 0 Å². The summed E-state index contributed by atoms with van der Waals surface area (Å²) in [7, 11) is 0. The van der Waals surface area contributed by atoms with E-state index in [4.69, 9.17) is 4.99 Å². The van der Waals surface area contributed by atoms with Crippen molar-refractivity contribution in [2.45, 2.75) is 57.9 Å². The Morgan fingerprint density at radius 1 is 1.22 bits per heavy atom. The maximum absolute atomic E-state index is 12.6. The second-order valence-electron chi connectivity index (χ2n) is 6.86. The first-order valence-corrected chi connectivity index (χ1v) is 8.56. The van der Waals surface area contributed by atoms with E-state index < -0.39 is 0 Å². The van der Waals surface area contributed by atoms with Gasteiger partial charge in [-0.05, 0) is 50.2 Å². The summed E-state index contributed by atoms with van der Waals surface area (Å²) in [5.41, 5.74) is 3.44. The third kappa shape index (κ3) is 3.95. The summed E-state index contributed by atoms with van der Waals surface area (Å²) in [5, 5.41) is 0. The van der Waals surface area contributed by atoms with Crippen LogP contribution in [0.25, 0.3) is 0 Å². The Kier molecular flexibility index (Phi) is 5.85. The average molecular weight is 335 g/mol. The Bertz CT molecular complexity index is 593. The molecule has 0 radical (unpaired) electrons. The predicted octanol–water partition coefficient (Wildman–Crippen LogP) is 4.02. The first kappa shape index (κ1) is 18.0. The summed E-state index contributed by atoms with van der Waals surface area (Å²) < 4.78 is 0. The number of carbonyl (C=O) groups excluding carboxylic acids is 1. The minimum absolute atomic E-state index is 0. The van der Waals surface area contributed by atoms with Crippen LogP contribution in [0.15, 0.2) is 29.3 Å². The fourth-order valence-electron chi connectivity index (χ4n) is 3.53. The van der Waals surface area contributed by atoms with Gasteiger partial charge in [-0.25, -0.2) is 0 Å². The predicted molar refractivity (Wildman–Crippen MR) is 97.7 cm³/mol. The minimum Gasteiger partial charge on any atom is -0.342 e. The standard InChI is InChI=1S/C19H26N2O.ClH/c1-3-19(2)14-15-9-5-6-10-16(15)17(20-19)13-18(22)21-11-7-4-8-12-21;/h5-6,9-10H,3-4,7-8,11-14H2,1-2H3;1H. The maximum atomic E-state index is 12.6. The van der Waals surface area contributed by atoms with Gasteiger partial charge in [0.15, 0.2) is 0 Å². The molecule has 0 N–H and O–H groups in total. The molecule has 0 bridgehead atoms. The van der Waals surface area contributed by atoms with E-state index in [1.807, 2.05) is 11.0 Å². The summed E-state index contributed by atoms with van der Waals surface area (Å²) in [5.74, 6) is 0.244. The zero-order valence-electron chi connectivity index (χ0n) is 14.2. The van der Waals surface area contributed by atoms with E-state index in [0.29, 0.717) is 6.42 Å². The smallest absolute Gasteiger partial charge is 0.228 e. The number of carbonyl (C=O) groups is 1. The van der Waals surface area contributed by atoms with Crippen LogP contribution in [0.2, 0.25) is 0 Å². The molecule has 3 nitrogen and oxygen atoms in total. The summed E-state index contributed by atoms with van der Waals surface area (Å²) in [6.45, 7) is 6.22. The molecular weight excluding hydrogens is 308 g/mol. The van der Waals surface area contributed by atoms with Crippen molar-refractivity contribution in [3.05, 3.63) is 35.4 Å². The van der Waals surface area contributed by atoms with Gasteiger partial charge < -0.3 is 4.90 Å². The third-order valence-electron chi connectivity index (χ3n) is 5.09. The van der Waals surface area contributed by atoms with Crippen LogP contribution in [0.1, 0.15) is 57.1 Å². The molecular formula is C19H27ClN2O. The van der Waals surface area contributed by atoms with E-state index in [1.165, 1.54) is 17.5 Å². The van der Waals surface area contributed by atoms with E-state index in [0.717, 1.165) is 44.5 Å². The van der Waals surface area contributed by atoms with Gasteiger partial charge in [-0.15, -0.1) is 12.4 Å². The Morgan fingerprint density at radius 3 is 2.61 bits per heavy atom. The molecule has 0 saturated carbocycles. The van der Waals surface area contributed by atoms with Crippen LogP contribution in [-0.4, -0.2) is 35.1 Å². The van der Waals surface area contributed by atoms with E-state index in [1.54, 1.807) is 0 Å². The molecule has 1 saturated heterocycles. The number of nitrogens with zero attached hydrogens (tertiary/aromatic N) is 2. The van der Waals surface area contributed by atoms with Gasteiger partial charge in [0.25, 0.3) is 0 Å². The number of halogens is 1. The molecule has 0 aliphatic carbocycles. The SMILES string of the molecule is CCC1(C)Cc2ccccc2C(CC(=O)N2CCCCC2)=N1.Cl. The highest BCUT2D eigenvalue weighted by Gasteiger charge is 2.30. The number of hydrogen-bond acceptors (Lipinski definition) is 2. The molecule has 0 aromatic heterocycles. The number of hydrogen-bond donors (Lipinski definition) is 0. The van der Waals surface area contributed by atoms with Gasteiger partial charge in [-0.2, -0.15) is 0 Å². The lowest BCUT2D eigenvalue weighted by molar-refractivity contribution is -0.130. The number of rotatable bonds is 3. The molecule has 4 heteroatoms. The molecule has 2 aliphatic rings. The topological polar surface area (TPSA) is 32.7 Å². The van der Waals surface area contributed by atoms with Crippen LogP contribution in [0.5, 0.6) is 0 Å². The van der Waals surface area contributed by atoms with Gasteiger partial charge >= 0.3 is 0 Å². The highest BCUT2D eigenvalue weighted by molar-refractivity contribution is 6.12. The monoisotopic (exact) mass is 334 g/mol. The van der Waals surface area contributed by atoms with Crippen molar-refractivity contribution >= 4 is 24.0 Å². The molecule has 1 aromatic rings. The zero-order valence-corrected chi connectivity index (χ0v) is 15.0. The maximum Gasteiger partial charge on any atom is 0.228 e. The van der Waals surface area contributed by atoms with Crippen molar-refractivity contribution in [1.29, 1.82) is 0 Å². The fourth-order valence-corrected chi connectivity index (χ4v) is 3.53. The molecule has 126 valence electrons. The third-order valence-corrected chi connectivity index (χ3v) is 5.09. The lowest BCUT2D eigenvalue weighted by Crippen LogP contribution is -2.38. The molecule has 2 heterocycles. The molecule has 1 atom stereocenters. The van der Waals surface area contributed by atoms with Crippen molar-refractivity contribution in [2.75, 3.05) is 13.1 Å². The molecule has 1 fully saturated rings. The van der Waals surface area contributed by atoms with E-state index in [-0.39, 0.29) is 23.9 Å². The van der Waals surface area contributed by atoms with Gasteiger partial charge in [-0.1, -0.05) is 31.2 Å². The number of benzene rings is 1. The summed E-state index contributed by atoms with van der Waals surface area (Å²) in [6.07, 6.45) is 5.96. The Labute approximate surface area is 145 Å². The zero-order chi connectivity index (χ0) is 15.6. The molecule has 1 aromatic carbocycles. The molecule has 1 amide bonds. The first-order valence-electron chi connectivity index (χ1n) is 8.56. The molecule has 1 unspecified atom stereocenters. The van der Waals surface area contributed by atoms with E-state index in [9.17, 15) is 4.79 Å². The first-order chi connectivity index (χ1) is 10.6. The lowest BCUT2D eigenvalue weighted by atomic mass is 9.83. The van der Waals surface area contributed by atoms with E-state index in [2.05, 4.69) is 32.0 Å². The summed E-state index contributed by atoms with van der Waals surface area (Å²) >= 11 is 0. The summed E-state index contributed by atoms with van der Waals surface area (Å²) in [6, 6.07) is 8.44. The minimum atomic E-state index is -0.0636. The number of amides is 1. The van der Waals surface area contributed by atoms with Gasteiger partial charge in [-0.3, -0.25) is 9.79 Å². The van der Waals surface area contributed by atoms with Gasteiger partial charge in [0.05, 0.1) is 17.7 Å². The van der Waals surface area contributed by atoms with Crippen LogP contribution in [0.4, 0.5) is 0 Å². The van der Waals surface area contributed by atoms with Crippen LogP contribution in [0.3, 0.4) is 0 Å². The lowest BCUT2D eigenvalue weighted by Gasteiger charge is -2.33. The van der Waals surface area contributed by atoms with Gasteiger partial charge in [0, 0.05) is 13.1 Å². The number of fused-ring (bicyclic) bond motifs is 1.